The molecule has 1 unspecified atom stereocenters. The zero-order chi connectivity index (χ0) is 14.1. The average molecular weight is 289 g/mol. The van der Waals surface area contributed by atoms with Gasteiger partial charge in [-0.2, -0.15) is 0 Å². The van der Waals surface area contributed by atoms with E-state index in [1.807, 2.05) is 12.1 Å². The van der Waals surface area contributed by atoms with Gasteiger partial charge in [-0.1, -0.05) is 35.9 Å². The van der Waals surface area contributed by atoms with E-state index >= 15 is 0 Å². The molecule has 0 saturated heterocycles. The molecule has 5 heteroatoms. The van der Waals surface area contributed by atoms with E-state index < -0.39 is 4.92 Å². The lowest BCUT2D eigenvalue weighted by molar-refractivity contribution is -0.384. The summed E-state index contributed by atoms with van der Waals surface area (Å²) in [5, 5.41) is 14.7. The van der Waals surface area contributed by atoms with Gasteiger partial charge in [0.25, 0.3) is 5.69 Å². The molecule has 4 nitrogen and oxygen atoms in total. The molecule has 2 aromatic carbocycles. The number of hydrogen-bond acceptors (Lipinski definition) is 3. The van der Waals surface area contributed by atoms with Crippen LogP contribution in [0.4, 0.5) is 11.4 Å². The van der Waals surface area contributed by atoms with Gasteiger partial charge in [0, 0.05) is 11.1 Å². The standard InChI is InChI=1S/C15H13ClN2O2/c16-11-6-8-14(15(9-11)18(19)20)17-13-7-5-10-3-1-2-4-12(10)13/h1-4,6,8-9,13,17H,5,7H2. The van der Waals surface area contributed by atoms with E-state index in [1.54, 1.807) is 12.1 Å². The molecule has 2 aromatic rings. The first kappa shape index (κ1) is 12.9. The van der Waals surface area contributed by atoms with Crippen molar-refractivity contribution in [2.24, 2.45) is 0 Å². The molecule has 0 amide bonds. The number of halogens is 1. The highest BCUT2D eigenvalue weighted by Crippen LogP contribution is 2.36. The molecule has 3 rings (SSSR count). The molecule has 0 fully saturated rings. The van der Waals surface area contributed by atoms with Crippen LogP contribution in [0.1, 0.15) is 23.6 Å². The molecule has 1 aliphatic carbocycles. The zero-order valence-electron chi connectivity index (χ0n) is 10.7. The molecule has 1 aliphatic rings. The Morgan fingerprint density at radius 1 is 1.25 bits per heavy atom. The zero-order valence-corrected chi connectivity index (χ0v) is 11.4. The molecule has 102 valence electrons. The Bertz CT molecular complexity index is 673. The van der Waals surface area contributed by atoms with Crippen molar-refractivity contribution in [3.63, 3.8) is 0 Å². The van der Waals surface area contributed by atoms with E-state index in [2.05, 4.69) is 17.4 Å². The Balaban J connectivity index is 1.92. The van der Waals surface area contributed by atoms with Crippen LogP contribution in [-0.2, 0) is 6.42 Å². The fourth-order valence-corrected chi connectivity index (χ4v) is 2.84. The molecule has 0 heterocycles. The molecular formula is C15H13ClN2O2. The highest BCUT2D eigenvalue weighted by molar-refractivity contribution is 6.30. The summed E-state index contributed by atoms with van der Waals surface area (Å²) in [5.74, 6) is 0. The Morgan fingerprint density at radius 2 is 2.05 bits per heavy atom. The van der Waals surface area contributed by atoms with E-state index in [0.29, 0.717) is 10.7 Å². The number of nitrogens with zero attached hydrogens (tertiary/aromatic N) is 1. The maximum Gasteiger partial charge on any atom is 0.293 e. The smallest absolute Gasteiger partial charge is 0.293 e. The summed E-state index contributed by atoms with van der Waals surface area (Å²) >= 11 is 5.83. The topological polar surface area (TPSA) is 55.2 Å². The highest BCUT2D eigenvalue weighted by atomic mass is 35.5. The summed E-state index contributed by atoms with van der Waals surface area (Å²) in [4.78, 5) is 10.7. The lowest BCUT2D eigenvalue weighted by Gasteiger charge is -2.15. The number of nitrogens with one attached hydrogen (secondary N) is 1. The third kappa shape index (κ3) is 2.34. The second kappa shape index (κ2) is 5.13. The number of nitro groups is 1. The Hall–Kier alpha value is -2.07. The van der Waals surface area contributed by atoms with Crippen LogP contribution in [0.15, 0.2) is 42.5 Å². The van der Waals surface area contributed by atoms with Crippen LogP contribution < -0.4 is 5.32 Å². The lowest BCUT2D eigenvalue weighted by Crippen LogP contribution is -2.08. The highest BCUT2D eigenvalue weighted by Gasteiger charge is 2.24. The molecule has 1 atom stereocenters. The molecule has 1 N–H and O–H groups in total. The summed E-state index contributed by atoms with van der Waals surface area (Å²) in [6.07, 6.45) is 1.94. The van der Waals surface area contributed by atoms with Crippen molar-refractivity contribution in [1.82, 2.24) is 0 Å². The van der Waals surface area contributed by atoms with Gasteiger partial charge in [0.05, 0.1) is 11.0 Å². The maximum atomic E-state index is 11.1. The number of fused-ring (bicyclic) bond motifs is 1. The van der Waals surface area contributed by atoms with Crippen molar-refractivity contribution in [1.29, 1.82) is 0 Å². The number of hydrogen-bond donors (Lipinski definition) is 1. The van der Waals surface area contributed by atoms with Crippen LogP contribution in [-0.4, -0.2) is 4.92 Å². The van der Waals surface area contributed by atoms with Gasteiger partial charge in [-0.15, -0.1) is 0 Å². The van der Waals surface area contributed by atoms with Crippen molar-refractivity contribution in [3.05, 3.63) is 68.7 Å². The maximum absolute atomic E-state index is 11.1. The minimum absolute atomic E-state index is 0.0156. The third-order valence-corrected chi connectivity index (χ3v) is 3.85. The van der Waals surface area contributed by atoms with E-state index in [1.165, 1.54) is 17.2 Å². The minimum atomic E-state index is -0.408. The summed E-state index contributed by atoms with van der Waals surface area (Å²) in [6, 6.07) is 13.0. The summed E-state index contributed by atoms with van der Waals surface area (Å²) in [7, 11) is 0. The van der Waals surface area contributed by atoms with Crippen molar-refractivity contribution < 1.29 is 4.92 Å². The predicted octanol–water partition coefficient (Wildman–Crippen LogP) is 4.35. The van der Waals surface area contributed by atoms with Crippen LogP contribution in [0.3, 0.4) is 0 Å². The first-order chi connectivity index (χ1) is 9.65. The Labute approximate surface area is 121 Å². The normalized spacial score (nSPS) is 16.8. The fraction of sp³-hybridized carbons (Fsp3) is 0.200. The van der Waals surface area contributed by atoms with Crippen molar-refractivity contribution in [2.45, 2.75) is 18.9 Å². The number of nitro benzene ring substituents is 1. The monoisotopic (exact) mass is 288 g/mol. The number of benzene rings is 2. The SMILES string of the molecule is O=[N+]([O-])c1cc(Cl)ccc1NC1CCc2ccccc21. The Morgan fingerprint density at radius 3 is 2.85 bits per heavy atom. The van der Waals surface area contributed by atoms with Gasteiger partial charge in [0.2, 0.25) is 0 Å². The molecule has 20 heavy (non-hydrogen) atoms. The number of anilines is 1. The predicted molar refractivity (Wildman–Crippen MR) is 79.2 cm³/mol. The van der Waals surface area contributed by atoms with Gasteiger partial charge in [0.1, 0.15) is 5.69 Å². The van der Waals surface area contributed by atoms with Crippen LogP contribution in [0.5, 0.6) is 0 Å². The quantitative estimate of drug-likeness (QED) is 0.675. The molecular weight excluding hydrogens is 276 g/mol. The van der Waals surface area contributed by atoms with Crippen LogP contribution in [0, 0.1) is 10.1 Å². The third-order valence-electron chi connectivity index (χ3n) is 3.62. The number of rotatable bonds is 3. The van der Waals surface area contributed by atoms with Crippen LogP contribution >= 0.6 is 11.6 Å². The molecule has 0 bridgehead atoms. The average Bonchev–Trinajstić information content (AvgIpc) is 2.84. The first-order valence-electron chi connectivity index (χ1n) is 6.43. The van der Waals surface area contributed by atoms with Gasteiger partial charge in [-0.3, -0.25) is 10.1 Å². The second-order valence-corrected chi connectivity index (χ2v) is 5.29. The van der Waals surface area contributed by atoms with Crippen molar-refractivity contribution >= 4 is 23.0 Å². The van der Waals surface area contributed by atoms with E-state index in [4.69, 9.17) is 11.6 Å². The van der Waals surface area contributed by atoms with Crippen LogP contribution in [0.25, 0.3) is 0 Å². The van der Waals surface area contributed by atoms with Crippen molar-refractivity contribution in [2.75, 3.05) is 5.32 Å². The molecule has 0 spiro atoms. The van der Waals surface area contributed by atoms with Crippen molar-refractivity contribution in [3.8, 4) is 0 Å². The van der Waals surface area contributed by atoms with Crippen LogP contribution in [0.2, 0.25) is 5.02 Å². The lowest BCUT2D eigenvalue weighted by atomic mass is 10.1. The Kier molecular flexibility index (Phi) is 3.32. The molecule has 0 aliphatic heterocycles. The second-order valence-electron chi connectivity index (χ2n) is 4.85. The van der Waals surface area contributed by atoms with Gasteiger partial charge in [-0.25, -0.2) is 0 Å². The fourth-order valence-electron chi connectivity index (χ4n) is 2.67. The van der Waals surface area contributed by atoms with Gasteiger partial charge < -0.3 is 5.32 Å². The van der Waals surface area contributed by atoms with Gasteiger partial charge in [0.15, 0.2) is 0 Å². The first-order valence-corrected chi connectivity index (χ1v) is 6.81. The largest absolute Gasteiger partial charge is 0.373 e. The summed E-state index contributed by atoms with van der Waals surface area (Å²) in [5.41, 5.74) is 3.06. The van der Waals surface area contributed by atoms with Gasteiger partial charge >= 0.3 is 0 Å². The molecule has 0 aromatic heterocycles. The molecule has 0 radical (unpaired) electrons. The van der Waals surface area contributed by atoms with E-state index in [0.717, 1.165) is 12.8 Å². The number of aryl methyl sites for hydroxylation is 1. The molecule has 0 saturated carbocycles. The van der Waals surface area contributed by atoms with Gasteiger partial charge in [-0.05, 0) is 36.1 Å². The summed E-state index contributed by atoms with van der Waals surface area (Å²) < 4.78 is 0. The minimum Gasteiger partial charge on any atom is -0.373 e. The van der Waals surface area contributed by atoms with E-state index in [9.17, 15) is 10.1 Å². The van der Waals surface area contributed by atoms with E-state index in [-0.39, 0.29) is 11.7 Å². The summed E-state index contributed by atoms with van der Waals surface area (Å²) in [6.45, 7) is 0.